The fraction of sp³-hybridized carbons (Fsp3) is 0.286. The van der Waals surface area contributed by atoms with Crippen LogP contribution in [0.2, 0.25) is 0 Å². The minimum atomic E-state index is -0.373. The van der Waals surface area contributed by atoms with E-state index in [0.717, 1.165) is 16.7 Å². The Labute approximate surface area is 153 Å². The van der Waals surface area contributed by atoms with E-state index in [-0.39, 0.29) is 12.9 Å². The van der Waals surface area contributed by atoms with Gasteiger partial charge in [0.25, 0.3) is 0 Å². The second-order valence-electron chi connectivity index (χ2n) is 5.95. The molecule has 136 valence electrons. The summed E-state index contributed by atoms with van der Waals surface area (Å²) in [6.07, 6.45) is 1.66. The summed E-state index contributed by atoms with van der Waals surface area (Å²) < 4.78 is 16.8. The van der Waals surface area contributed by atoms with Gasteiger partial charge < -0.3 is 19.1 Å². The van der Waals surface area contributed by atoms with Gasteiger partial charge in [-0.25, -0.2) is 4.79 Å². The van der Waals surface area contributed by atoms with Gasteiger partial charge in [-0.2, -0.15) is 0 Å². The molecule has 5 nitrogen and oxygen atoms in total. The van der Waals surface area contributed by atoms with Gasteiger partial charge in [0.2, 0.25) is 6.79 Å². The predicted molar refractivity (Wildman–Crippen MR) is 101 cm³/mol. The molecule has 2 aromatic rings. The minimum absolute atomic E-state index is 0.161. The lowest BCUT2D eigenvalue weighted by atomic mass is 10.0. The molecule has 26 heavy (non-hydrogen) atoms. The number of carbonyl (C=O) groups excluding carboxylic acids is 1. The van der Waals surface area contributed by atoms with Crippen LogP contribution in [-0.4, -0.2) is 30.9 Å². The molecule has 0 fully saturated rings. The number of carbonyl (C=O) groups is 1. The van der Waals surface area contributed by atoms with Gasteiger partial charge in [0.05, 0.1) is 5.56 Å². The standard InChI is InChI=1S/C21H23NO4/c1-4-22(5-2)21(23)26-17-11-12-18-20(25-14-24-18)19(17)15(3)13-16-9-7-6-8-10-16/h6-13H,4-5,14H2,1-3H3/b15-13+. The highest BCUT2D eigenvalue weighted by atomic mass is 16.7. The van der Waals surface area contributed by atoms with Gasteiger partial charge in [-0.05, 0) is 44.0 Å². The van der Waals surface area contributed by atoms with E-state index in [1.54, 1.807) is 17.0 Å². The Hall–Kier alpha value is -2.95. The largest absolute Gasteiger partial charge is 0.454 e. The molecule has 0 saturated heterocycles. The third kappa shape index (κ3) is 3.67. The lowest BCUT2D eigenvalue weighted by Gasteiger charge is -2.20. The molecule has 0 saturated carbocycles. The summed E-state index contributed by atoms with van der Waals surface area (Å²) in [7, 11) is 0. The number of allylic oxidation sites excluding steroid dienone is 1. The van der Waals surface area contributed by atoms with Crippen molar-refractivity contribution in [3.8, 4) is 17.2 Å². The van der Waals surface area contributed by atoms with Crippen molar-refractivity contribution in [2.24, 2.45) is 0 Å². The van der Waals surface area contributed by atoms with E-state index >= 15 is 0 Å². The Bertz CT molecular complexity index is 810. The number of hydrogen-bond acceptors (Lipinski definition) is 4. The van der Waals surface area contributed by atoms with Crippen LogP contribution >= 0.6 is 0 Å². The summed E-state index contributed by atoms with van der Waals surface area (Å²) >= 11 is 0. The van der Waals surface area contributed by atoms with Crippen molar-refractivity contribution in [1.29, 1.82) is 0 Å². The monoisotopic (exact) mass is 353 g/mol. The van der Waals surface area contributed by atoms with Gasteiger partial charge in [-0.3, -0.25) is 0 Å². The van der Waals surface area contributed by atoms with Gasteiger partial charge in [-0.15, -0.1) is 0 Å². The minimum Gasteiger partial charge on any atom is -0.454 e. The SMILES string of the molecule is CCN(CC)C(=O)Oc1ccc2c(c1/C(C)=C/c1ccccc1)OCO2. The first-order valence-electron chi connectivity index (χ1n) is 8.77. The van der Waals surface area contributed by atoms with E-state index in [0.29, 0.717) is 30.3 Å². The molecule has 0 unspecified atom stereocenters. The lowest BCUT2D eigenvalue weighted by Crippen LogP contribution is -2.33. The molecule has 1 aliphatic rings. The van der Waals surface area contributed by atoms with E-state index in [2.05, 4.69) is 0 Å². The third-order valence-electron chi connectivity index (χ3n) is 4.30. The molecule has 0 radical (unpaired) electrons. The summed E-state index contributed by atoms with van der Waals surface area (Å²) in [6.45, 7) is 7.16. The molecule has 0 N–H and O–H groups in total. The molecular weight excluding hydrogens is 330 g/mol. The second kappa shape index (κ2) is 7.95. The van der Waals surface area contributed by atoms with E-state index < -0.39 is 0 Å². The van der Waals surface area contributed by atoms with Gasteiger partial charge in [-0.1, -0.05) is 36.4 Å². The van der Waals surface area contributed by atoms with E-state index in [1.165, 1.54) is 0 Å². The summed E-state index contributed by atoms with van der Waals surface area (Å²) in [5.41, 5.74) is 2.73. The Morgan fingerprint density at radius 2 is 1.85 bits per heavy atom. The maximum Gasteiger partial charge on any atom is 0.415 e. The molecule has 3 rings (SSSR count). The van der Waals surface area contributed by atoms with Crippen molar-refractivity contribution in [1.82, 2.24) is 4.90 Å². The predicted octanol–water partition coefficient (Wildman–Crippen LogP) is 4.82. The Balaban J connectivity index is 2.01. The Morgan fingerprint density at radius 3 is 2.54 bits per heavy atom. The molecule has 0 aromatic heterocycles. The Kier molecular flexibility index (Phi) is 5.46. The molecule has 0 atom stereocenters. The zero-order valence-corrected chi connectivity index (χ0v) is 15.3. The average molecular weight is 353 g/mol. The lowest BCUT2D eigenvalue weighted by molar-refractivity contribution is 0.157. The van der Waals surface area contributed by atoms with E-state index in [4.69, 9.17) is 14.2 Å². The first-order valence-corrected chi connectivity index (χ1v) is 8.77. The zero-order chi connectivity index (χ0) is 18.5. The van der Waals surface area contributed by atoms with Crippen molar-refractivity contribution in [2.75, 3.05) is 19.9 Å². The first kappa shape index (κ1) is 17.9. The van der Waals surface area contributed by atoms with Crippen LogP contribution in [0.3, 0.4) is 0 Å². The summed E-state index contributed by atoms with van der Waals surface area (Å²) in [4.78, 5) is 14.0. The van der Waals surface area contributed by atoms with Gasteiger partial charge >= 0.3 is 6.09 Å². The summed E-state index contributed by atoms with van der Waals surface area (Å²) in [6, 6.07) is 13.5. The molecule has 0 spiro atoms. The molecule has 2 aromatic carbocycles. The van der Waals surface area contributed by atoms with Crippen LogP contribution in [-0.2, 0) is 0 Å². The van der Waals surface area contributed by atoms with Crippen LogP contribution in [0.4, 0.5) is 4.79 Å². The van der Waals surface area contributed by atoms with Crippen molar-refractivity contribution in [2.45, 2.75) is 20.8 Å². The summed E-state index contributed by atoms with van der Waals surface area (Å²) in [5, 5.41) is 0. The van der Waals surface area contributed by atoms with Crippen LogP contribution in [0.5, 0.6) is 17.2 Å². The van der Waals surface area contributed by atoms with Crippen molar-refractivity contribution in [3.05, 3.63) is 53.6 Å². The fourth-order valence-corrected chi connectivity index (χ4v) is 2.92. The molecule has 1 heterocycles. The molecule has 5 heteroatoms. The number of benzene rings is 2. The highest BCUT2D eigenvalue weighted by molar-refractivity contribution is 5.88. The summed E-state index contributed by atoms with van der Waals surface area (Å²) in [5.74, 6) is 1.74. The quantitative estimate of drug-likeness (QED) is 0.723. The second-order valence-corrected chi connectivity index (χ2v) is 5.95. The smallest absolute Gasteiger partial charge is 0.415 e. The van der Waals surface area contributed by atoms with Crippen LogP contribution in [0.1, 0.15) is 31.9 Å². The van der Waals surface area contributed by atoms with Gasteiger partial charge in [0.15, 0.2) is 11.5 Å². The number of rotatable bonds is 5. The maximum atomic E-state index is 12.4. The number of hydrogen-bond donors (Lipinski definition) is 0. The average Bonchev–Trinajstić information content (AvgIpc) is 3.12. The van der Waals surface area contributed by atoms with Crippen LogP contribution < -0.4 is 14.2 Å². The highest BCUT2D eigenvalue weighted by Crippen LogP contribution is 2.44. The van der Waals surface area contributed by atoms with Gasteiger partial charge in [0, 0.05) is 13.1 Å². The van der Waals surface area contributed by atoms with Crippen LogP contribution in [0.15, 0.2) is 42.5 Å². The highest BCUT2D eigenvalue weighted by Gasteiger charge is 2.25. The first-order chi connectivity index (χ1) is 12.6. The van der Waals surface area contributed by atoms with E-state index in [1.807, 2.05) is 57.2 Å². The number of nitrogens with zero attached hydrogens (tertiary/aromatic N) is 1. The molecule has 1 amide bonds. The topological polar surface area (TPSA) is 48.0 Å². The molecule has 1 aliphatic heterocycles. The maximum absolute atomic E-state index is 12.4. The van der Waals surface area contributed by atoms with E-state index in [9.17, 15) is 4.79 Å². The van der Waals surface area contributed by atoms with Crippen LogP contribution in [0.25, 0.3) is 11.6 Å². The van der Waals surface area contributed by atoms with Gasteiger partial charge in [0.1, 0.15) is 5.75 Å². The normalized spacial score (nSPS) is 12.8. The number of fused-ring (bicyclic) bond motifs is 1. The van der Waals surface area contributed by atoms with Crippen LogP contribution in [0, 0.1) is 0 Å². The number of amides is 1. The molecule has 0 bridgehead atoms. The molecule has 0 aliphatic carbocycles. The number of ether oxygens (including phenoxy) is 3. The molecular formula is C21H23NO4. The van der Waals surface area contributed by atoms with Crippen molar-refractivity contribution >= 4 is 17.7 Å². The van der Waals surface area contributed by atoms with Crippen molar-refractivity contribution < 1.29 is 19.0 Å². The third-order valence-corrected chi connectivity index (χ3v) is 4.30. The fourth-order valence-electron chi connectivity index (χ4n) is 2.92. The van der Waals surface area contributed by atoms with Crippen molar-refractivity contribution in [3.63, 3.8) is 0 Å². The Morgan fingerprint density at radius 1 is 1.12 bits per heavy atom. The zero-order valence-electron chi connectivity index (χ0n) is 15.3.